The summed E-state index contributed by atoms with van der Waals surface area (Å²) in [7, 11) is 0. The van der Waals surface area contributed by atoms with Crippen LogP contribution in [-0.2, 0) is 0 Å². The van der Waals surface area contributed by atoms with E-state index in [4.69, 9.17) is 8.83 Å². The van der Waals surface area contributed by atoms with Crippen molar-refractivity contribution in [3.8, 4) is 0 Å². The molecule has 0 fully saturated rings. The van der Waals surface area contributed by atoms with Crippen LogP contribution in [-0.4, -0.2) is 5.11 Å². The van der Waals surface area contributed by atoms with Crippen LogP contribution in [0, 0.1) is 12.7 Å². The smallest absolute Gasteiger partial charge is 0.169 e. The molecular formula is C14H11FO3. The molecule has 3 nitrogen and oxygen atoms in total. The Bertz CT molecular complexity index is 682. The van der Waals surface area contributed by atoms with Crippen molar-refractivity contribution >= 4 is 11.0 Å². The van der Waals surface area contributed by atoms with Crippen molar-refractivity contribution in [3.63, 3.8) is 0 Å². The Balaban J connectivity index is 2.15. The van der Waals surface area contributed by atoms with Crippen LogP contribution in [0.25, 0.3) is 11.0 Å². The van der Waals surface area contributed by atoms with Gasteiger partial charge in [0, 0.05) is 10.9 Å². The Labute approximate surface area is 102 Å². The number of rotatable bonds is 2. The summed E-state index contributed by atoms with van der Waals surface area (Å²) in [5, 5.41) is 10.8. The van der Waals surface area contributed by atoms with Gasteiger partial charge in [-0.05, 0) is 37.3 Å². The zero-order valence-corrected chi connectivity index (χ0v) is 9.68. The van der Waals surface area contributed by atoms with E-state index >= 15 is 0 Å². The highest BCUT2D eigenvalue weighted by molar-refractivity contribution is 5.82. The number of aliphatic hydroxyl groups is 1. The summed E-state index contributed by atoms with van der Waals surface area (Å²) in [5.74, 6) is 0.452. The average Bonchev–Trinajstić information content (AvgIpc) is 2.98. The standard InChI is InChI=1S/C14H11FO3/c1-8-10-7-9(15)4-5-11(10)18-14(8)13(16)12-3-2-6-17-12/h2-7,13,16H,1H3. The number of furan rings is 2. The van der Waals surface area contributed by atoms with Gasteiger partial charge in [0.15, 0.2) is 6.10 Å². The van der Waals surface area contributed by atoms with Gasteiger partial charge in [-0.1, -0.05) is 0 Å². The molecule has 3 aromatic rings. The maximum atomic E-state index is 13.2. The Morgan fingerprint density at radius 1 is 1.28 bits per heavy atom. The predicted molar refractivity (Wildman–Crippen MR) is 63.7 cm³/mol. The number of hydrogen-bond acceptors (Lipinski definition) is 3. The molecule has 92 valence electrons. The van der Waals surface area contributed by atoms with E-state index in [1.807, 2.05) is 0 Å². The molecule has 0 spiro atoms. The highest BCUT2D eigenvalue weighted by atomic mass is 19.1. The minimum absolute atomic E-state index is 0.328. The van der Waals surface area contributed by atoms with Crippen LogP contribution in [0.2, 0.25) is 0 Å². The molecule has 4 heteroatoms. The van der Waals surface area contributed by atoms with Crippen molar-refractivity contribution in [1.29, 1.82) is 0 Å². The lowest BCUT2D eigenvalue weighted by molar-refractivity contribution is 0.164. The fourth-order valence-corrected chi connectivity index (χ4v) is 2.05. The maximum Gasteiger partial charge on any atom is 0.169 e. The van der Waals surface area contributed by atoms with Crippen LogP contribution < -0.4 is 0 Å². The first-order valence-corrected chi connectivity index (χ1v) is 5.57. The highest BCUT2D eigenvalue weighted by Gasteiger charge is 2.21. The normalized spacial score (nSPS) is 13.1. The maximum absolute atomic E-state index is 13.2. The molecule has 0 aliphatic heterocycles. The van der Waals surface area contributed by atoms with Gasteiger partial charge in [-0.15, -0.1) is 0 Å². The molecule has 0 saturated heterocycles. The van der Waals surface area contributed by atoms with E-state index in [0.717, 1.165) is 0 Å². The number of aryl methyl sites for hydroxylation is 1. The summed E-state index contributed by atoms with van der Waals surface area (Å²) in [6, 6.07) is 7.63. The van der Waals surface area contributed by atoms with E-state index in [1.165, 1.54) is 18.4 Å². The molecule has 2 aromatic heterocycles. The largest absolute Gasteiger partial charge is 0.466 e. The molecule has 1 atom stereocenters. The average molecular weight is 246 g/mol. The Hall–Kier alpha value is -2.07. The highest BCUT2D eigenvalue weighted by Crippen LogP contribution is 2.33. The van der Waals surface area contributed by atoms with Gasteiger partial charge in [0.1, 0.15) is 22.9 Å². The van der Waals surface area contributed by atoms with E-state index in [-0.39, 0.29) is 5.82 Å². The van der Waals surface area contributed by atoms with Crippen LogP contribution in [0.3, 0.4) is 0 Å². The zero-order valence-electron chi connectivity index (χ0n) is 9.68. The number of fused-ring (bicyclic) bond motifs is 1. The molecule has 3 rings (SSSR count). The molecular weight excluding hydrogens is 235 g/mol. The van der Waals surface area contributed by atoms with E-state index in [9.17, 15) is 9.50 Å². The lowest BCUT2D eigenvalue weighted by Crippen LogP contribution is -1.97. The molecule has 2 heterocycles. The van der Waals surface area contributed by atoms with Crippen LogP contribution in [0.15, 0.2) is 45.4 Å². The number of hydrogen-bond donors (Lipinski definition) is 1. The summed E-state index contributed by atoms with van der Waals surface area (Å²) in [6.45, 7) is 1.78. The molecule has 0 aliphatic carbocycles. The third kappa shape index (κ3) is 1.62. The van der Waals surface area contributed by atoms with Crippen molar-refractivity contribution in [1.82, 2.24) is 0 Å². The topological polar surface area (TPSA) is 46.5 Å². The second-order valence-electron chi connectivity index (χ2n) is 4.15. The fourth-order valence-electron chi connectivity index (χ4n) is 2.05. The van der Waals surface area contributed by atoms with Gasteiger partial charge in [-0.3, -0.25) is 0 Å². The van der Waals surface area contributed by atoms with Crippen molar-refractivity contribution in [3.05, 3.63) is 59.5 Å². The second kappa shape index (κ2) is 3.99. The first kappa shape index (κ1) is 11.0. The van der Waals surface area contributed by atoms with Crippen LogP contribution in [0.1, 0.15) is 23.2 Å². The molecule has 1 unspecified atom stereocenters. The summed E-state index contributed by atoms with van der Waals surface area (Å²) >= 11 is 0. The molecule has 1 aromatic carbocycles. The Kier molecular flexibility index (Phi) is 2.45. The molecule has 0 amide bonds. The molecule has 0 bridgehead atoms. The number of benzene rings is 1. The number of halogens is 1. The third-order valence-corrected chi connectivity index (χ3v) is 3.00. The Morgan fingerprint density at radius 2 is 2.11 bits per heavy atom. The molecule has 1 N–H and O–H groups in total. The quantitative estimate of drug-likeness (QED) is 0.752. The van der Waals surface area contributed by atoms with Gasteiger partial charge in [-0.2, -0.15) is 0 Å². The van der Waals surface area contributed by atoms with Gasteiger partial charge in [-0.25, -0.2) is 4.39 Å². The summed E-state index contributed by atoms with van der Waals surface area (Å²) < 4.78 is 23.9. The third-order valence-electron chi connectivity index (χ3n) is 3.00. The van der Waals surface area contributed by atoms with E-state index < -0.39 is 6.10 Å². The van der Waals surface area contributed by atoms with Crippen LogP contribution >= 0.6 is 0 Å². The minimum atomic E-state index is -0.976. The van der Waals surface area contributed by atoms with Crippen LogP contribution in [0.4, 0.5) is 4.39 Å². The first-order valence-electron chi connectivity index (χ1n) is 5.57. The SMILES string of the molecule is Cc1c(C(O)c2ccco2)oc2ccc(F)cc12. The molecule has 18 heavy (non-hydrogen) atoms. The summed E-state index contributed by atoms with van der Waals surface area (Å²) in [5.41, 5.74) is 1.27. The van der Waals surface area contributed by atoms with E-state index in [1.54, 1.807) is 25.1 Å². The summed E-state index contributed by atoms with van der Waals surface area (Å²) in [6.07, 6.45) is 0.506. The zero-order chi connectivity index (χ0) is 12.7. The van der Waals surface area contributed by atoms with Gasteiger partial charge in [0.2, 0.25) is 0 Å². The first-order chi connectivity index (χ1) is 8.66. The van der Waals surface area contributed by atoms with Crippen molar-refractivity contribution in [2.75, 3.05) is 0 Å². The van der Waals surface area contributed by atoms with Crippen molar-refractivity contribution in [2.24, 2.45) is 0 Å². The monoisotopic (exact) mass is 246 g/mol. The lowest BCUT2D eigenvalue weighted by atomic mass is 10.1. The second-order valence-corrected chi connectivity index (χ2v) is 4.15. The number of aliphatic hydroxyl groups excluding tert-OH is 1. The minimum Gasteiger partial charge on any atom is -0.466 e. The molecule has 0 saturated carbocycles. The van der Waals surface area contributed by atoms with Gasteiger partial charge in [0.05, 0.1) is 6.26 Å². The predicted octanol–water partition coefficient (Wildman–Crippen LogP) is 3.56. The van der Waals surface area contributed by atoms with Gasteiger partial charge < -0.3 is 13.9 Å². The van der Waals surface area contributed by atoms with Crippen LogP contribution in [0.5, 0.6) is 0 Å². The van der Waals surface area contributed by atoms with Gasteiger partial charge in [0.25, 0.3) is 0 Å². The van der Waals surface area contributed by atoms with Crippen molar-refractivity contribution in [2.45, 2.75) is 13.0 Å². The Morgan fingerprint density at radius 3 is 2.83 bits per heavy atom. The molecule has 0 aliphatic rings. The van der Waals surface area contributed by atoms with Gasteiger partial charge >= 0.3 is 0 Å². The fraction of sp³-hybridized carbons (Fsp3) is 0.143. The van der Waals surface area contributed by atoms with Crippen molar-refractivity contribution < 1.29 is 18.3 Å². The summed E-state index contributed by atoms with van der Waals surface area (Å²) in [4.78, 5) is 0. The van der Waals surface area contributed by atoms with E-state index in [2.05, 4.69) is 0 Å². The lowest BCUT2D eigenvalue weighted by Gasteiger charge is -2.04. The van der Waals surface area contributed by atoms with E-state index in [0.29, 0.717) is 28.1 Å². The molecule has 0 radical (unpaired) electrons.